The number of amides is 1. The topological polar surface area (TPSA) is 51.2 Å². The molecular weight excluding hydrogens is 288 g/mol. The van der Waals surface area contributed by atoms with Crippen molar-refractivity contribution in [2.75, 3.05) is 6.54 Å². The number of nitrogens with zero attached hydrogens (tertiary/aromatic N) is 1. The number of aromatic nitrogens is 1. The summed E-state index contributed by atoms with van der Waals surface area (Å²) in [6.07, 6.45) is 1.85. The van der Waals surface area contributed by atoms with Gasteiger partial charge in [0.25, 0.3) is 5.91 Å². The molecule has 2 aromatic rings. The molecule has 0 unspecified atom stereocenters. The summed E-state index contributed by atoms with van der Waals surface area (Å²) in [7, 11) is 0. The quantitative estimate of drug-likeness (QED) is 0.893. The fraction of sp³-hybridized carbons (Fsp3) is 0.250. The van der Waals surface area contributed by atoms with Crippen LogP contribution in [0.3, 0.4) is 0 Å². The number of benzene rings is 1. The molecular formula is C16H17ClN2O2. The lowest BCUT2D eigenvalue weighted by atomic mass is 10.2. The molecule has 1 heterocycles. The van der Waals surface area contributed by atoms with Gasteiger partial charge in [-0.3, -0.25) is 9.78 Å². The van der Waals surface area contributed by atoms with Crippen molar-refractivity contribution < 1.29 is 9.53 Å². The summed E-state index contributed by atoms with van der Waals surface area (Å²) < 4.78 is 5.55. The van der Waals surface area contributed by atoms with Crippen molar-refractivity contribution >= 4 is 17.5 Å². The van der Waals surface area contributed by atoms with Crippen molar-refractivity contribution in [1.82, 2.24) is 10.3 Å². The average molecular weight is 305 g/mol. The predicted octanol–water partition coefficient (Wildman–Crippen LogP) is 2.86. The van der Waals surface area contributed by atoms with E-state index in [4.69, 9.17) is 16.3 Å². The minimum absolute atomic E-state index is 0.161. The van der Waals surface area contributed by atoms with Crippen molar-refractivity contribution in [3.8, 4) is 5.75 Å². The van der Waals surface area contributed by atoms with Crippen molar-refractivity contribution in [3.63, 3.8) is 0 Å². The normalized spacial score (nSPS) is 11.7. The zero-order valence-corrected chi connectivity index (χ0v) is 12.5. The molecule has 1 N–H and O–H groups in total. The third-order valence-electron chi connectivity index (χ3n) is 2.88. The Morgan fingerprint density at radius 3 is 2.90 bits per heavy atom. The van der Waals surface area contributed by atoms with E-state index < -0.39 is 6.10 Å². The second-order valence-electron chi connectivity index (χ2n) is 4.58. The zero-order chi connectivity index (χ0) is 15.1. The largest absolute Gasteiger partial charge is 0.481 e. The number of pyridine rings is 1. The Bertz CT molecular complexity index is 590. The van der Waals surface area contributed by atoms with Gasteiger partial charge in [0.2, 0.25) is 0 Å². The predicted molar refractivity (Wildman–Crippen MR) is 82.5 cm³/mol. The first-order valence-electron chi connectivity index (χ1n) is 6.75. The molecule has 0 aliphatic carbocycles. The Hall–Kier alpha value is -2.07. The summed E-state index contributed by atoms with van der Waals surface area (Å²) in [5, 5.41) is 3.41. The van der Waals surface area contributed by atoms with Crippen LogP contribution in [0.5, 0.6) is 5.75 Å². The van der Waals surface area contributed by atoms with Gasteiger partial charge in [-0.25, -0.2) is 0 Å². The van der Waals surface area contributed by atoms with Crippen molar-refractivity contribution in [2.45, 2.75) is 19.4 Å². The van der Waals surface area contributed by atoms with Crippen LogP contribution in [-0.2, 0) is 11.2 Å². The number of ether oxygens (including phenoxy) is 1. The molecule has 21 heavy (non-hydrogen) atoms. The lowest BCUT2D eigenvalue weighted by Gasteiger charge is -2.14. The molecule has 0 bridgehead atoms. The molecule has 0 spiro atoms. The minimum Gasteiger partial charge on any atom is -0.481 e. The monoisotopic (exact) mass is 304 g/mol. The molecule has 0 saturated heterocycles. The summed E-state index contributed by atoms with van der Waals surface area (Å²) in [4.78, 5) is 16.1. The summed E-state index contributed by atoms with van der Waals surface area (Å²) >= 11 is 5.87. The highest BCUT2D eigenvalue weighted by Crippen LogP contribution is 2.18. The van der Waals surface area contributed by atoms with Crippen LogP contribution in [-0.4, -0.2) is 23.5 Å². The van der Waals surface area contributed by atoms with E-state index in [0.717, 1.165) is 5.69 Å². The van der Waals surface area contributed by atoms with Crippen molar-refractivity contribution in [1.29, 1.82) is 0 Å². The van der Waals surface area contributed by atoms with E-state index in [1.165, 1.54) is 0 Å². The molecule has 1 aromatic heterocycles. The van der Waals surface area contributed by atoms with Crippen LogP contribution in [0.15, 0.2) is 48.7 Å². The first kappa shape index (κ1) is 15.3. The fourth-order valence-corrected chi connectivity index (χ4v) is 1.98. The molecule has 110 valence electrons. The van der Waals surface area contributed by atoms with Gasteiger partial charge < -0.3 is 10.1 Å². The SMILES string of the molecule is C[C@H](Oc1cccc(Cl)c1)C(=O)NCCc1ccccn1. The number of carbonyl (C=O) groups excluding carboxylic acids is 1. The Balaban J connectivity index is 1.77. The van der Waals surface area contributed by atoms with E-state index in [1.54, 1.807) is 37.4 Å². The Morgan fingerprint density at radius 2 is 2.19 bits per heavy atom. The molecule has 0 aliphatic heterocycles. The van der Waals surface area contributed by atoms with Gasteiger partial charge in [-0.1, -0.05) is 23.7 Å². The maximum atomic E-state index is 11.9. The number of hydrogen-bond acceptors (Lipinski definition) is 3. The van der Waals surface area contributed by atoms with Gasteiger partial charge in [0.15, 0.2) is 6.10 Å². The van der Waals surface area contributed by atoms with E-state index in [-0.39, 0.29) is 5.91 Å². The highest BCUT2D eigenvalue weighted by molar-refractivity contribution is 6.30. The Morgan fingerprint density at radius 1 is 1.33 bits per heavy atom. The van der Waals surface area contributed by atoms with E-state index >= 15 is 0 Å². The lowest BCUT2D eigenvalue weighted by Crippen LogP contribution is -2.37. The van der Waals surface area contributed by atoms with Gasteiger partial charge >= 0.3 is 0 Å². The fourth-order valence-electron chi connectivity index (χ4n) is 1.80. The molecule has 2 rings (SSSR count). The van der Waals surface area contributed by atoms with Crippen LogP contribution < -0.4 is 10.1 Å². The molecule has 5 heteroatoms. The van der Waals surface area contributed by atoms with Crippen LogP contribution >= 0.6 is 11.6 Å². The van der Waals surface area contributed by atoms with Crippen LogP contribution in [0.1, 0.15) is 12.6 Å². The average Bonchev–Trinajstić information content (AvgIpc) is 2.48. The van der Waals surface area contributed by atoms with Gasteiger partial charge in [-0.2, -0.15) is 0 Å². The number of carbonyl (C=O) groups is 1. The van der Waals surface area contributed by atoms with E-state index in [9.17, 15) is 4.79 Å². The zero-order valence-electron chi connectivity index (χ0n) is 11.8. The van der Waals surface area contributed by atoms with Gasteiger partial charge in [0.1, 0.15) is 5.75 Å². The lowest BCUT2D eigenvalue weighted by molar-refractivity contribution is -0.127. The van der Waals surface area contributed by atoms with E-state index in [0.29, 0.717) is 23.7 Å². The van der Waals surface area contributed by atoms with Crippen LogP contribution in [0.4, 0.5) is 0 Å². The maximum absolute atomic E-state index is 11.9. The Kier molecular flexibility index (Phi) is 5.58. The molecule has 0 saturated carbocycles. The molecule has 1 atom stereocenters. The van der Waals surface area contributed by atoms with Crippen LogP contribution in [0.2, 0.25) is 5.02 Å². The standard InChI is InChI=1S/C16H17ClN2O2/c1-12(21-15-7-4-5-13(17)11-15)16(20)19-10-8-14-6-2-3-9-18-14/h2-7,9,11-12H,8,10H2,1H3,(H,19,20)/t12-/m0/s1. The number of rotatable bonds is 6. The molecule has 0 aliphatic rings. The van der Waals surface area contributed by atoms with Crippen LogP contribution in [0, 0.1) is 0 Å². The Labute approximate surface area is 129 Å². The second-order valence-corrected chi connectivity index (χ2v) is 5.02. The second kappa shape index (κ2) is 7.64. The summed E-state index contributed by atoms with van der Waals surface area (Å²) in [6.45, 7) is 2.23. The highest BCUT2D eigenvalue weighted by atomic mass is 35.5. The number of halogens is 1. The maximum Gasteiger partial charge on any atom is 0.260 e. The summed E-state index contributed by atoms with van der Waals surface area (Å²) in [5.74, 6) is 0.417. The van der Waals surface area contributed by atoms with Crippen molar-refractivity contribution in [3.05, 3.63) is 59.4 Å². The number of nitrogens with one attached hydrogen (secondary N) is 1. The molecule has 0 radical (unpaired) electrons. The number of hydrogen-bond donors (Lipinski definition) is 1. The van der Waals surface area contributed by atoms with Gasteiger partial charge in [-0.05, 0) is 37.3 Å². The van der Waals surface area contributed by atoms with E-state index in [1.807, 2.05) is 18.2 Å². The third-order valence-corrected chi connectivity index (χ3v) is 3.12. The molecule has 0 fully saturated rings. The highest BCUT2D eigenvalue weighted by Gasteiger charge is 2.14. The van der Waals surface area contributed by atoms with Crippen LogP contribution in [0.25, 0.3) is 0 Å². The van der Waals surface area contributed by atoms with Gasteiger partial charge in [0.05, 0.1) is 0 Å². The minimum atomic E-state index is -0.577. The van der Waals surface area contributed by atoms with E-state index in [2.05, 4.69) is 10.3 Å². The smallest absolute Gasteiger partial charge is 0.260 e. The molecule has 4 nitrogen and oxygen atoms in total. The third kappa shape index (κ3) is 5.08. The molecule has 1 aromatic carbocycles. The summed E-state index contributed by atoms with van der Waals surface area (Å²) in [6, 6.07) is 12.7. The first-order valence-corrected chi connectivity index (χ1v) is 7.13. The molecule has 1 amide bonds. The van der Waals surface area contributed by atoms with Gasteiger partial charge in [0, 0.05) is 29.9 Å². The first-order chi connectivity index (χ1) is 10.1. The van der Waals surface area contributed by atoms with Crippen molar-refractivity contribution in [2.24, 2.45) is 0 Å². The summed E-state index contributed by atoms with van der Waals surface area (Å²) in [5.41, 5.74) is 0.946. The van der Waals surface area contributed by atoms with Gasteiger partial charge in [-0.15, -0.1) is 0 Å².